The number of Topliss-reactive ketones (excluding diaryl/α,β-unsaturated/α-hetero) is 2. The van der Waals surface area contributed by atoms with Crippen LogP contribution in [0.1, 0.15) is 29.8 Å². The smallest absolute Gasteiger partial charge is 0.354 e. The van der Waals surface area contributed by atoms with Crippen molar-refractivity contribution >= 4 is 34.7 Å². The van der Waals surface area contributed by atoms with E-state index in [-0.39, 0.29) is 23.0 Å². The Hall–Kier alpha value is -1.97. The number of hydrogen-bond donors (Lipinski definition) is 1. The highest BCUT2D eigenvalue weighted by molar-refractivity contribution is 6.35. The average Bonchev–Trinajstić information content (AvgIpc) is 2.61. The van der Waals surface area contributed by atoms with Gasteiger partial charge in [0.25, 0.3) is 0 Å². The van der Waals surface area contributed by atoms with E-state index in [0.717, 1.165) is 12.1 Å². The number of hydrogen-bond acceptors (Lipinski definition) is 5. The van der Waals surface area contributed by atoms with Crippen molar-refractivity contribution in [2.24, 2.45) is 16.8 Å². The second kappa shape index (κ2) is 8.59. The lowest BCUT2D eigenvalue weighted by atomic mass is 9.83. The topological polar surface area (TPSA) is 77.0 Å². The van der Waals surface area contributed by atoms with Gasteiger partial charge in [0.2, 0.25) is 0 Å². The van der Waals surface area contributed by atoms with Gasteiger partial charge < -0.3 is 14.8 Å². The van der Waals surface area contributed by atoms with Gasteiger partial charge in [-0.05, 0) is 12.1 Å². The van der Waals surface area contributed by atoms with E-state index in [2.05, 4.69) is 10.3 Å². The molecule has 0 bridgehead atoms. The molecule has 0 saturated heterocycles. The highest BCUT2D eigenvalue weighted by Crippen LogP contribution is 2.41. The number of ether oxygens (including phenoxy) is 2. The summed E-state index contributed by atoms with van der Waals surface area (Å²) in [5.74, 6) is -3.33. The number of alkyl halides is 3. The molecule has 1 heterocycles. The largest absolute Gasteiger partial charge is 0.418 e. The second-order valence-electron chi connectivity index (χ2n) is 6.48. The summed E-state index contributed by atoms with van der Waals surface area (Å²) < 4.78 is 50.4. The van der Waals surface area contributed by atoms with Crippen molar-refractivity contribution in [3.8, 4) is 0 Å². The fraction of sp³-hybridized carbons (Fsp3) is 0.500. The molecule has 0 amide bonds. The quantitative estimate of drug-likeness (QED) is 0.559. The first-order chi connectivity index (χ1) is 13.0. The number of benzene rings is 1. The van der Waals surface area contributed by atoms with E-state index in [9.17, 15) is 22.8 Å². The zero-order chi connectivity index (χ0) is 21.2. The van der Waals surface area contributed by atoms with Gasteiger partial charge in [0, 0.05) is 30.7 Å². The zero-order valence-electron chi connectivity index (χ0n) is 15.7. The van der Waals surface area contributed by atoms with Crippen LogP contribution in [0.25, 0.3) is 0 Å². The Bertz CT molecular complexity index is 805. The molecular formula is C18H20ClF3N2O4. The van der Waals surface area contributed by atoms with E-state index >= 15 is 0 Å². The summed E-state index contributed by atoms with van der Waals surface area (Å²) in [6.07, 6.45) is -5.54. The molecule has 1 atom stereocenters. The molecule has 1 N–H and O–H groups in total. The molecule has 0 saturated carbocycles. The number of rotatable bonds is 6. The molecule has 0 aromatic heterocycles. The van der Waals surface area contributed by atoms with Gasteiger partial charge in [-0.15, -0.1) is 0 Å². The molecule has 0 fully saturated rings. The molecule has 6 nitrogen and oxygen atoms in total. The molecule has 1 aromatic carbocycles. The molecule has 1 aliphatic heterocycles. The molecule has 1 aromatic rings. The Kier molecular flexibility index (Phi) is 6.84. The predicted molar refractivity (Wildman–Crippen MR) is 97.9 cm³/mol. The third kappa shape index (κ3) is 4.53. The fourth-order valence-corrected chi connectivity index (χ4v) is 3.00. The van der Waals surface area contributed by atoms with Gasteiger partial charge in [-0.3, -0.25) is 14.6 Å². The predicted octanol–water partition coefficient (Wildman–Crippen LogP) is 3.83. The molecule has 1 aliphatic rings. The number of anilines is 1. The molecule has 154 valence electrons. The summed E-state index contributed by atoms with van der Waals surface area (Å²) in [6.45, 7) is 3.07. The third-order valence-electron chi connectivity index (χ3n) is 4.25. The van der Waals surface area contributed by atoms with Crippen molar-refractivity contribution in [3.05, 3.63) is 28.3 Å². The van der Waals surface area contributed by atoms with Gasteiger partial charge in [0.1, 0.15) is 11.8 Å². The average molecular weight is 421 g/mol. The number of amidine groups is 1. The number of nitrogens with zero attached hydrogens (tertiary/aromatic N) is 1. The molecular weight excluding hydrogens is 401 g/mol. The van der Waals surface area contributed by atoms with Crippen LogP contribution in [-0.4, -0.2) is 44.5 Å². The molecule has 28 heavy (non-hydrogen) atoms. The maximum atomic E-state index is 13.5. The number of ketones is 2. The Morgan fingerprint density at radius 1 is 1.29 bits per heavy atom. The van der Waals surface area contributed by atoms with Crippen LogP contribution in [0.3, 0.4) is 0 Å². The number of methoxy groups -OCH3 is 2. The van der Waals surface area contributed by atoms with Crippen molar-refractivity contribution in [1.29, 1.82) is 0 Å². The maximum absolute atomic E-state index is 13.5. The molecule has 1 unspecified atom stereocenters. The summed E-state index contributed by atoms with van der Waals surface area (Å²) in [4.78, 5) is 29.7. The number of halogens is 4. The van der Waals surface area contributed by atoms with Crippen LogP contribution < -0.4 is 5.32 Å². The van der Waals surface area contributed by atoms with E-state index in [1.54, 1.807) is 13.8 Å². The van der Waals surface area contributed by atoms with Crippen LogP contribution in [0.4, 0.5) is 18.9 Å². The Morgan fingerprint density at radius 3 is 2.39 bits per heavy atom. The minimum Gasteiger partial charge on any atom is -0.354 e. The van der Waals surface area contributed by atoms with Gasteiger partial charge in [0.05, 0.1) is 17.8 Å². The van der Waals surface area contributed by atoms with Crippen LogP contribution in [0.5, 0.6) is 0 Å². The fourth-order valence-electron chi connectivity index (χ4n) is 2.79. The summed E-state index contributed by atoms with van der Waals surface area (Å²) in [5.41, 5.74) is -1.88. The zero-order valence-corrected chi connectivity index (χ0v) is 16.4. The van der Waals surface area contributed by atoms with Crippen molar-refractivity contribution in [2.45, 2.75) is 26.3 Å². The van der Waals surface area contributed by atoms with E-state index < -0.39 is 47.1 Å². The molecule has 0 spiro atoms. The van der Waals surface area contributed by atoms with Crippen molar-refractivity contribution in [2.75, 3.05) is 26.1 Å². The van der Waals surface area contributed by atoms with E-state index in [0.29, 0.717) is 0 Å². The third-order valence-corrected chi connectivity index (χ3v) is 4.47. The van der Waals surface area contributed by atoms with Gasteiger partial charge in [-0.25, -0.2) is 0 Å². The van der Waals surface area contributed by atoms with Crippen molar-refractivity contribution in [1.82, 2.24) is 0 Å². The Morgan fingerprint density at radius 2 is 1.89 bits per heavy atom. The molecule has 10 heteroatoms. The molecule has 0 radical (unpaired) electrons. The lowest BCUT2D eigenvalue weighted by molar-refractivity contribution is -0.136. The van der Waals surface area contributed by atoms with Gasteiger partial charge >= 0.3 is 6.18 Å². The lowest BCUT2D eigenvalue weighted by Gasteiger charge is -2.29. The number of aliphatic imine (C=N–C) groups is 1. The monoisotopic (exact) mass is 420 g/mol. The maximum Gasteiger partial charge on any atom is 0.418 e. The normalized spacial score (nSPS) is 18.6. The van der Waals surface area contributed by atoms with Gasteiger partial charge in [-0.1, -0.05) is 25.4 Å². The minimum absolute atomic E-state index is 0.116. The summed E-state index contributed by atoms with van der Waals surface area (Å²) in [6, 6.07) is 1.84. The minimum atomic E-state index is -4.76. The van der Waals surface area contributed by atoms with E-state index in [4.69, 9.17) is 21.1 Å². The molecule has 0 aliphatic carbocycles. The summed E-state index contributed by atoms with van der Waals surface area (Å²) >= 11 is 5.79. The number of carbonyl (C=O) groups excluding carboxylic acids is 2. The number of fused-ring (bicyclic) bond motifs is 1. The van der Waals surface area contributed by atoms with Crippen LogP contribution >= 0.6 is 11.6 Å². The van der Waals surface area contributed by atoms with Crippen LogP contribution in [0.2, 0.25) is 5.02 Å². The van der Waals surface area contributed by atoms with Crippen LogP contribution in [0, 0.1) is 11.8 Å². The molecule has 2 rings (SSSR count). The van der Waals surface area contributed by atoms with Gasteiger partial charge in [0.15, 0.2) is 17.9 Å². The Balaban J connectivity index is 2.63. The number of nitrogens with one attached hydrogen (secondary N) is 1. The lowest BCUT2D eigenvalue weighted by Crippen LogP contribution is -2.43. The van der Waals surface area contributed by atoms with Crippen molar-refractivity contribution in [3.63, 3.8) is 0 Å². The van der Waals surface area contributed by atoms with Gasteiger partial charge in [-0.2, -0.15) is 13.2 Å². The SMILES string of the molecule is COC(CN=C1Nc2c(cc(Cl)cc2C(F)(F)F)C(=O)C1C(=O)C(C)C)OC. The first-order valence-electron chi connectivity index (χ1n) is 8.36. The van der Waals surface area contributed by atoms with Crippen LogP contribution in [0.15, 0.2) is 17.1 Å². The standard InChI is InChI=1S/C18H20ClF3N2O4/c1-8(2)15(25)13-16(26)10-5-9(19)6-11(18(20,21)22)14(10)24-17(13)23-7-12(27-3)28-4/h5-6,8,12-13H,7H2,1-4H3,(H,23,24). The number of carbonyl (C=O) groups is 2. The van der Waals surface area contributed by atoms with Crippen LogP contribution in [-0.2, 0) is 20.4 Å². The first-order valence-corrected chi connectivity index (χ1v) is 8.74. The van der Waals surface area contributed by atoms with E-state index in [1.807, 2.05) is 0 Å². The van der Waals surface area contributed by atoms with E-state index in [1.165, 1.54) is 14.2 Å². The highest BCUT2D eigenvalue weighted by Gasteiger charge is 2.44. The summed E-state index contributed by atoms with van der Waals surface area (Å²) in [5, 5.41) is 2.28. The van der Waals surface area contributed by atoms with Crippen molar-refractivity contribution < 1.29 is 32.2 Å². The Labute approximate surface area is 165 Å². The highest BCUT2D eigenvalue weighted by atomic mass is 35.5. The first kappa shape index (κ1) is 22.3. The summed E-state index contributed by atoms with van der Waals surface area (Å²) in [7, 11) is 2.73. The second-order valence-corrected chi connectivity index (χ2v) is 6.92.